The number of rotatable bonds is 9. The molecule has 1 fully saturated rings. The van der Waals surface area contributed by atoms with Crippen LogP contribution in [0.5, 0.6) is 5.75 Å². The Balaban J connectivity index is 1.56. The molecular weight excluding hydrogens is 397 g/mol. The summed E-state index contributed by atoms with van der Waals surface area (Å²) in [7, 11) is 0. The van der Waals surface area contributed by atoms with Gasteiger partial charge in [-0.2, -0.15) is 4.39 Å². The van der Waals surface area contributed by atoms with Gasteiger partial charge in [0.2, 0.25) is 5.82 Å². The second-order valence-corrected chi connectivity index (χ2v) is 8.49. The monoisotopic (exact) mass is 430 g/mol. The third-order valence-electron chi connectivity index (χ3n) is 6.28. The maximum absolute atomic E-state index is 14.5. The Hall–Kier alpha value is -2.23. The van der Waals surface area contributed by atoms with Crippen LogP contribution in [0.25, 0.3) is 6.08 Å². The largest absolute Gasteiger partial charge is 0.491 e. The van der Waals surface area contributed by atoms with E-state index in [9.17, 15) is 13.2 Å². The molecule has 0 atom stereocenters. The summed E-state index contributed by atoms with van der Waals surface area (Å²) in [6.07, 6.45) is 11.6. The number of halogens is 3. The lowest BCUT2D eigenvalue weighted by Crippen LogP contribution is -2.14. The quantitative estimate of drug-likeness (QED) is 0.364. The number of hydrogen-bond donors (Lipinski definition) is 0. The normalized spacial score (nSPS) is 19.1. The average molecular weight is 431 g/mol. The van der Waals surface area contributed by atoms with E-state index in [2.05, 4.69) is 13.0 Å². The highest BCUT2D eigenvalue weighted by molar-refractivity contribution is 5.50. The maximum atomic E-state index is 14.5. The Morgan fingerprint density at radius 3 is 2.39 bits per heavy atom. The Kier molecular flexibility index (Phi) is 8.62. The van der Waals surface area contributed by atoms with Crippen molar-refractivity contribution in [2.45, 2.75) is 71.1 Å². The number of ether oxygens (including phenoxy) is 1. The second-order valence-electron chi connectivity index (χ2n) is 8.49. The fourth-order valence-corrected chi connectivity index (χ4v) is 4.43. The first-order valence-corrected chi connectivity index (χ1v) is 11.6. The van der Waals surface area contributed by atoms with Crippen LogP contribution in [-0.2, 0) is 6.42 Å². The molecule has 0 spiro atoms. The molecule has 0 amide bonds. The van der Waals surface area contributed by atoms with Gasteiger partial charge in [-0.15, -0.1) is 0 Å². The molecule has 0 saturated heterocycles. The standard InChI is InChI=1S/C27H33F3O/c1-3-5-6-7-22-15-12-20(18-24(22)28)9-8-19-10-13-21(14-11-19)23-16-17-25(31-4-2)27(30)26(23)29/h8-9,12,15-19,21H,3-7,10-11,13-14H2,1-2H3/b9-8+. The molecule has 1 saturated carbocycles. The van der Waals surface area contributed by atoms with Crippen molar-refractivity contribution in [1.29, 1.82) is 0 Å². The highest BCUT2D eigenvalue weighted by atomic mass is 19.2. The minimum atomic E-state index is -0.887. The van der Waals surface area contributed by atoms with Gasteiger partial charge in [0.25, 0.3) is 0 Å². The van der Waals surface area contributed by atoms with Gasteiger partial charge in [-0.05, 0) is 86.1 Å². The summed E-state index contributed by atoms with van der Waals surface area (Å²) >= 11 is 0. The zero-order valence-corrected chi connectivity index (χ0v) is 18.6. The second kappa shape index (κ2) is 11.4. The molecule has 168 valence electrons. The van der Waals surface area contributed by atoms with Crippen molar-refractivity contribution in [2.75, 3.05) is 6.61 Å². The summed E-state index contributed by atoms with van der Waals surface area (Å²) in [5.74, 6) is -1.42. The van der Waals surface area contributed by atoms with Gasteiger partial charge in [0.1, 0.15) is 5.82 Å². The Morgan fingerprint density at radius 1 is 0.935 bits per heavy atom. The number of benzene rings is 2. The molecule has 3 rings (SSSR count). The molecule has 0 unspecified atom stereocenters. The van der Waals surface area contributed by atoms with Gasteiger partial charge in [-0.1, -0.05) is 50.1 Å². The molecule has 0 aromatic heterocycles. The molecule has 0 radical (unpaired) electrons. The van der Waals surface area contributed by atoms with Crippen molar-refractivity contribution in [3.8, 4) is 5.75 Å². The summed E-state index contributed by atoms with van der Waals surface area (Å²) < 4.78 is 48.2. The molecular formula is C27H33F3O. The molecule has 0 bridgehead atoms. The minimum Gasteiger partial charge on any atom is -0.491 e. The van der Waals surface area contributed by atoms with Crippen molar-refractivity contribution < 1.29 is 17.9 Å². The Bertz CT molecular complexity index is 882. The highest BCUT2D eigenvalue weighted by Gasteiger charge is 2.25. The highest BCUT2D eigenvalue weighted by Crippen LogP contribution is 2.39. The summed E-state index contributed by atoms with van der Waals surface area (Å²) in [5.41, 5.74) is 2.11. The van der Waals surface area contributed by atoms with Crippen LogP contribution in [0.15, 0.2) is 36.4 Å². The van der Waals surface area contributed by atoms with E-state index in [1.165, 1.54) is 6.07 Å². The molecule has 0 heterocycles. The van der Waals surface area contributed by atoms with Crippen LogP contribution >= 0.6 is 0 Å². The number of unbranched alkanes of at least 4 members (excludes halogenated alkanes) is 2. The molecule has 2 aromatic rings. The number of aryl methyl sites for hydroxylation is 1. The fourth-order valence-electron chi connectivity index (χ4n) is 4.43. The first-order chi connectivity index (χ1) is 15.0. The molecule has 31 heavy (non-hydrogen) atoms. The summed E-state index contributed by atoms with van der Waals surface area (Å²) in [5, 5.41) is 0. The third-order valence-corrected chi connectivity index (χ3v) is 6.28. The molecule has 1 nitrogen and oxygen atoms in total. The van der Waals surface area contributed by atoms with Crippen molar-refractivity contribution in [3.63, 3.8) is 0 Å². The smallest absolute Gasteiger partial charge is 0.200 e. The fraction of sp³-hybridized carbons (Fsp3) is 0.481. The van der Waals surface area contributed by atoms with E-state index >= 15 is 0 Å². The van der Waals surface area contributed by atoms with E-state index < -0.39 is 11.6 Å². The van der Waals surface area contributed by atoms with Crippen molar-refractivity contribution in [2.24, 2.45) is 5.92 Å². The molecule has 1 aliphatic rings. The van der Waals surface area contributed by atoms with E-state index in [1.807, 2.05) is 18.2 Å². The molecule has 0 aliphatic heterocycles. The van der Waals surface area contributed by atoms with Crippen molar-refractivity contribution in [1.82, 2.24) is 0 Å². The number of allylic oxidation sites excluding steroid dienone is 1. The SMILES string of the molecule is CCCCCc1ccc(/C=C/C2CCC(c3ccc(OCC)c(F)c3F)CC2)cc1F. The summed E-state index contributed by atoms with van der Waals surface area (Å²) in [4.78, 5) is 0. The van der Waals surface area contributed by atoms with Crippen molar-refractivity contribution >= 4 is 6.08 Å². The van der Waals surface area contributed by atoms with Gasteiger partial charge < -0.3 is 4.74 Å². The molecule has 2 aromatic carbocycles. The third kappa shape index (κ3) is 6.15. The van der Waals surface area contributed by atoms with Crippen LogP contribution in [0, 0.1) is 23.4 Å². The van der Waals surface area contributed by atoms with Gasteiger partial charge in [0.05, 0.1) is 6.61 Å². The lowest BCUT2D eigenvalue weighted by atomic mass is 9.78. The van der Waals surface area contributed by atoms with Gasteiger partial charge >= 0.3 is 0 Å². The van der Waals surface area contributed by atoms with Crippen LogP contribution in [0.3, 0.4) is 0 Å². The van der Waals surface area contributed by atoms with Crippen LogP contribution in [0.4, 0.5) is 13.2 Å². The average Bonchev–Trinajstić information content (AvgIpc) is 2.78. The van der Waals surface area contributed by atoms with E-state index in [0.29, 0.717) is 18.1 Å². The van der Waals surface area contributed by atoms with E-state index in [-0.39, 0.29) is 17.5 Å². The Labute approximate surface area is 184 Å². The first-order valence-electron chi connectivity index (χ1n) is 11.6. The molecule has 0 N–H and O–H groups in total. The predicted octanol–water partition coefficient (Wildman–Crippen LogP) is 8.22. The van der Waals surface area contributed by atoms with E-state index in [4.69, 9.17) is 4.74 Å². The summed E-state index contributed by atoms with van der Waals surface area (Å²) in [6.45, 7) is 4.19. The van der Waals surface area contributed by atoms with Crippen LogP contribution in [0.1, 0.15) is 81.4 Å². The van der Waals surface area contributed by atoms with Crippen LogP contribution in [-0.4, -0.2) is 6.61 Å². The van der Waals surface area contributed by atoms with E-state index in [0.717, 1.165) is 62.5 Å². The van der Waals surface area contributed by atoms with Crippen LogP contribution in [0.2, 0.25) is 0 Å². The first kappa shape index (κ1) is 23.4. The lowest BCUT2D eigenvalue weighted by Gasteiger charge is -2.27. The Morgan fingerprint density at radius 2 is 1.71 bits per heavy atom. The zero-order chi connectivity index (χ0) is 22.2. The van der Waals surface area contributed by atoms with Crippen molar-refractivity contribution in [3.05, 3.63) is 70.5 Å². The number of hydrogen-bond acceptors (Lipinski definition) is 1. The molecule has 1 aliphatic carbocycles. The van der Waals surface area contributed by atoms with Gasteiger partial charge in [-0.3, -0.25) is 0 Å². The maximum Gasteiger partial charge on any atom is 0.200 e. The molecule has 4 heteroatoms. The lowest BCUT2D eigenvalue weighted by molar-refractivity contribution is 0.310. The van der Waals surface area contributed by atoms with Gasteiger partial charge in [0, 0.05) is 0 Å². The minimum absolute atomic E-state index is 0.0228. The van der Waals surface area contributed by atoms with Gasteiger partial charge in [-0.25, -0.2) is 8.78 Å². The topological polar surface area (TPSA) is 9.23 Å². The summed E-state index contributed by atoms with van der Waals surface area (Å²) in [6, 6.07) is 8.68. The zero-order valence-electron chi connectivity index (χ0n) is 18.6. The van der Waals surface area contributed by atoms with Crippen LogP contribution < -0.4 is 4.74 Å². The van der Waals surface area contributed by atoms with Gasteiger partial charge in [0.15, 0.2) is 11.6 Å². The van der Waals surface area contributed by atoms with E-state index in [1.54, 1.807) is 19.1 Å². The predicted molar refractivity (Wildman–Crippen MR) is 121 cm³/mol.